The Labute approximate surface area is 210 Å². The fourth-order valence-corrected chi connectivity index (χ4v) is 5.34. The highest BCUT2D eigenvalue weighted by Crippen LogP contribution is 2.39. The Bertz CT molecular complexity index is 1240. The zero-order chi connectivity index (χ0) is 25.9. The van der Waals surface area contributed by atoms with E-state index in [1.165, 1.54) is 43.3 Å². The molecule has 1 atom stereocenters. The quantitative estimate of drug-likeness (QED) is 0.320. The maximum atomic E-state index is 13.1. The molecular formula is C25H30N4O6S. The predicted molar refractivity (Wildman–Crippen MR) is 132 cm³/mol. The largest absolute Gasteiger partial charge is 0.507 e. The summed E-state index contributed by atoms with van der Waals surface area (Å²) in [6.45, 7) is 4.09. The summed E-state index contributed by atoms with van der Waals surface area (Å²) in [4.78, 5) is 34.1. The number of morpholine rings is 1. The Hall–Kier alpha value is -3.12. The van der Waals surface area contributed by atoms with Crippen molar-refractivity contribution in [3.05, 3.63) is 65.5 Å². The molecule has 36 heavy (non-hydrogen) atoms. The van der Waals surface area contributed by atoms with Gasteiger partial charge in [-0.15, -0.1) is 0 Å². The summed E-state index contributed by atoms with van der Waals surface area (Å²) in [6.07, 6.45) is 3.82. The Morgan fingerprint density at radius 2 is 1.81 bits per heavy atom. The lowest BCUT2D eigenvalue weighted by Gasteiger charge is -2.29. The van der Waals surface area contributed by atoms with Crippen LogP contribution in [0.15, 0.2) is 59.3 Å². The number of ketones is 1. The highest BCUT2D eigenvalue weighted by Gasteiger charge is 2.46. The highest BCUT2D eigenvalue weighted by atomic mass is 32.2. The number of carbonyl (C=O) groups excluding carboxylic acids is 2. The van der Waals surface area contributed by atoms with Crippen LogP contribution in [0.25, 0.3) is 5.76 Å². The van der Waals surface area contributed by atoms with Crippen molar-refractivity contribution in [3.8, 4) is 0 Å². The van der Waals surface area contributed by atoms with E-state index >= 15 is 0 Å². The van der Waals surface area contributed by atoms with Gasteiger partial charge in [0, 0.05) is 58.2 Å². The van der Waals surface area contributed by atoms with Gasteiger partial charge in [-0.05, 0) is 42.3 Å². The van der Waals surface area contributed by atoms with Crippen molar-refractivity contribution >= 4 is 27.5 Å². The van der Waals surface area contributed by atoms with Crippen molar-refractivity contribution in [3.63, 3.8) is 0 Å². The summed E-state index contributed by atoms with van der Waals surface area (Å²) in [5.41, 5.74) is 0.812. The Kier molecular flexibility index (Phi) is 7.84. The number of nitrogens with zero attached hydrogens (tertiary/aromatic N) is 4. The van der Waals surface area contributed by atoms with Crippen LogP contribution in [0.2, 0.25) is 0 Å². The molecule has 2 aliphatic rings. The van der Waals surface area contributed by atoms with Gasteiger partial charge >= 0.3 is 0 Å². The van der Waals surface area contributed by atoms with E-state index in [-0.39, 0.29) is 21.8 Å². The molecule has 2 fully saturated rings. The molecule has 10 nitrogen and oxygen atoms in total. The zero-order valence-corrected chi connectivity index (χ0v) is 21.1. The summed E-state index contributed by atoms with van der Waals surface area (Å²) >= 11 is 0. The smallest absolute Gasteiger partial charge is 0.295 e. The van der Waals surface area contributed by atoms with Crippen molar-refractivity contribution in [2.45, 2.75) is 17.4 Å². The summed E-state index contributed by atoms with van der Waals surface area (Å²) in [5.74, 6) is -1.82. The van der Waals surface area contributed by atoms with Gasteiger partial charge in [-0.3, -0.25) is 19.5 Å². The third kappa shape index (κ3) is 5.19. The van der Waals surface area contributed by atoms with E-state index < -0.39 is 27.8 Å². The van der Waals surface area contributed by atoms with Gasteiger partial charge in [0.05, 0.1) is 29.7 Å². The lowest BCUT2D eigenvalue weighted by Crippen LogP contribution is -2.39. The molecule has 1 aromatic heterocycles. The topological polar surface area (TPSA) is 120 Å². The normalized spacial score (nSPS) is 20.9. The first-order chi connectivity index (χ1) is 17.2. The second-order valence-corrected chi connectivity index (χ2v) is 11.1. The van der Waals surface area contributed by atoms with E-state index in [1.807, 2.05) is 0 Å². The molecular weight excluding hydrogens is 484 g/mol. The fourth-order valence-electron chi connectivity index (χ4n) is 4.44. The standard InChI is InChI=1S/C25H30N4O6S/c1-27(2)36(33,34)20-8-6-18(7-9-20)23(30)21-22(19-5-3-10-26-17-19)29(25(32)24(21)31)12-4-11-28-13-15-35-16-14-28/h3,5-10,17,22,30H,4,11-16H2,1-2H3/b23-21+. The molecule has 192 valence electrons. The number of carbonyl (C=O) groups is 2. The summed E-state index contributed by atoms with van der Waals surface area (Å²) in [5, 5.41) is 11.2. The summed E-state index contributed by atoms with van der Waals surface area (Å²) in [6, 6.07) is 8.26. The van der Waals surface area contributed by atoms with Gasteiger partial charge in [-0.1, -0.05) is 6.07 Å². The van der Waals surface area contributed by atoms with Crippen molar-refractivity contribution < 1.29 is 27.9 Å². The molecule has 11 heteroatoms. The van der Waals surface area contributed by atoms with Crippen LogP contribution in [0.1, 0.15) is 23.6 Å². The molecule has 0 saturated carbocycles. The highest BCUT2D eigenvalue weighted by molar-refractivity contribution is 7.89. The third-order valence-electron chi connectivity index (χ3n) is 6.42. The number of benzene rings is 1. The van der Waals surface area contributed by atoms with E-state index in [4.69, 9.17) is 4.74 Å². The van der Waals surface area contributed by atoms with Crippen LogP contribution in [0.3, 0.4) is 0 Å². The minimum Gasteiger partial charge on any atom is -0.507 e. The molecule has 1 amide bonds. The predicted octanol–water partition coefficient (Wildman–Crippen LogP) is 1.48. The van der Waals surface area contributed by atoms with E-state index in [0.29, 0.717) is 31.7 Å². The van der Waals surface area contributed by atoms with Gasteiger partial charge < -0.3 is 14.7 Å². The number of Topliss-reactive ketones (excluding diaryl/α,β-unsaturated/α-hetero) is 1. The van der Waals surface area contributed by atoms with Crippen LogP contribution in [-0.4, -0.2) is 97.8 Å². The number of amides is 1. The Balaban J connectivity index is 1.66. The minimum atomic E-state index is -3.65. The molecule has 0 radical (unpaired) electrons. The van der Waals surface area contributed by atoms with E-state index in [9.17, 15) is 23.1 Å². The van der Waals surface area contributed by atoms with Gasteiger partial charge in [0.1, 0.15) is 5.76 Å². The van der Waals surface area contributed by atoms with Crippen LogP contribution in [-0.2, 0) is 24.3 Å². The summed E-state index contributed by atoms with van der Waals surface area (Å²) < 4.78 is 31.2. The van der Waals surface area contributed by atoms with Crippen LogP contribution in [0, 0.1) is 0 Å². The first-order valence-corrected chi connectivity index (χ1v) is 13.2. The van der Waals surface area contributed by atoms with Crippen molar-refractivity contribution in [1.82, 2.24) is 19.1 Å². The number of sulfonamides is 1. The number of ether oxygens (including phenoxy) is 1. The SMILES string of the molecule is CN(C)S(=O)(=O)c1ccc(/C(O)=C2\C(=O)C(=O)N(CCCN3CCOCC3)C2c2cccnc2)cc1. The van der Waals surface area contributed by atoms with Crippen molar-refractivity contribution in [2.75, 3.05) is 53.5 Å². The fraction of sp³-hybridized carbons (Fsp3) is 0.400. The molecule has 1 unspecified atom stereocenters. The molecule has 1 aromatic carbocycles. The first-order valence-electron chi connectivity index (χ1n) is 11.7. The van der Waals surface area contributed by atoms with Gasteiger partial charge in [-0.2, -0.15) is 0 Å². The number of likely N-dealkylation sites (tertiary alicyclic amines) is 1. The van der Waals surface area contributed by atoms with Crippen LogP contribution in [0.5, 0.6) is 0 Å². The van der Waals surface area contributed by atoms with E-state index in [1.54, 1.807) is 24.5 Å². The number of hydrogen-bond donors (Lipinski definition) is 1. The Morgan fingerprint density at radius 1 is 1.11 bits per heavy atom. The second-order valence-electron chi connectivity index (χ2n) is 8.90. The minimum absolute atomic E-state index is 0.0393. The molecule has 1 N–H and O–H groups in total. The maximum Gasteiger partial charge on any atom is 0.295 e. The monoisotopic (exact) mass is 514 g/mol. The number of aliphatic hydroxyl groups excluding tert-OH is 1. The van der Waals surface area contributed by atoms with Gasteiger partial charge in [0.15, 0.2) is 0 Å². The van der Waals surface area contributed by atoms with Crippen LogP contribution < -0.4 is 0 Å². The molecule has 2 aliphatic heterocycles. The first kappa shape index (κ1) is 26.0. The van der Waals surface area contributed by atoms with Crippen molar-refractivity contribution in [2.24, 2.45) is 0 Å². The number of pyridine rings is 1. The van der Waals surface area contributed by atoms with Gasteiger partial charge in [0.25, 0.3) is 11.7 Å². The van der Waals surface area contributed by atoms with E-state index in [2.05, 4.69) is 9.88 Å². The molecule has 0 bridgehead atoms. The third-order valence-corrected chi connectivity index (χ3v) is 8.25. The molecule has 2 aromatic rings. The lowest BCUT2D eigenvalue weighted by atomic mass is 9.96. The lowest BCUT2D eigenvalue weighted by molar-refractivity contribution is -0.140. The average molecular weight is 515 g/mol. The number of hydrogen-bond acceptors (Lipinski definition) is 8. The second kappa shape index (κ2) is 10.9. The number of rotatable bonds is 8. The Morgan fingerprint density at radius 3 is 2.42 bits per heavy atom. The van der Waals surface area contributed by atoms with Crippen molar-refractivity contribution in [1.29, 1.82) is 0 Å². The molecule has 3 heterocycles. The maximum absolute atomic E-state index is 13.1. The molecule has 0 aliphatic carbocycles. The van der Waals surface area contributed by atoms with Crippen LogP contribution >= 0.6 is 0 Å². The van der Waals surface area contributed by atoms with Gasteiger partial charge in [0.2, 0.25) is 10.0 Å². The number of aliphatic hydroxyl groups is 1. The molecule has 4 rings (SSSR count). The average Bonchev–Trinajstić information content (AvgIpc) is 3.14. The van der Waals surface area contributed by atoms with Gasteiger partial charge in [-0.25, -0.2) is 12.7 Å². The van der Waals surface area contributed by atoms with E-state index in [0.717, 1.165) is 23.9 Å². The van der Waals surface area contributed by atoms with Crippen LogP contribution in [0.4, 0.5) is 0 Å². The summed E-state index contributed by atoms with van der Waals surface area (Å²) in [7, 11) is -0.797. The number of aromatic nitrogens is 1. The molecule has 0 spiro atoms. The molecule has 2 saturated heterocycles. The zero-order valence-electron chi connectivity index (χ0n) is 20.3.